The lowest BCUT2D eigenvalue weighted by atomic mass is 10.3. The van der Waals surface area contributed by atoms with E-state index in [1.54, 1.807) is 19.9 Å². The van der Waals surface area contributed by atoms with E-state index in [1.807, 2.05) is 0 Å². The fourth-order valence-electron chi connectivity index (χ4n) is 1.19. The summed E-state index contributed by atoms with van der Waals surface area (Å²) in [6.07, 6.45) is -0.889. The van der Waals surface area contributed by atoms with Crippen molar-refractivity contribution in [3.8, 4) is 0 Å². The van der Waals surface area contributed by atoms with Crippen LogP contribution in [-0.4, -0.2) is 17.1 Å². The Morgan fingerprint density at radius 1 is 1.69 bits per heavy atom. The van der Waals surface area contributed by atoms with E-state index in [4.69, 9.17) is 0 Å². The molecule has 0 aliphatic carbocycles. The molecule has 4 nitrogen and oxygen atoms in total. The smallest absolute Gasteiger partial charge is 0.362 e. The maximum Gasteiger partial charge on any atom is 0.362 e. The van der Waals surface area contributed by atoms with Gasteiger partial charge in [-0.15, -0.1) is 0 Å². The van der Waals surface area contributed by atoms with Crippen LogP contribution in [0.4, 0.5) is 4.39 Å². The second-order valence-corrected chi connectivity index (χ2v) is 4.06. The van der Waals surface area contributed by atoms with Crippen LogP contribution in [0.2, 0.25) is 0 Å². The molecule has 1 atom stereocenters. The molecule has 0 radical (unpaired) electrons. The summed E-state index contributed by atoms with van der Waals surface area (Å²) in [5.74, 6) is -1.07. The molecule has 0 saturated heterocycles. The average molecular weight is 292 g/mol. The zero-order chi connectivity index (χ0) is 12.3. The first-order valence-electron chi connectivity index (χ1n) is 4.66. The zero-order valence-corrected chi connectivity index (χ0v) is 10.5. The van der Waals surface area contributed by atoms with Crippen molar-refractivity contribution < 1.29 is 13.9 Å². The Labute approximate surface area is 100 Å². The van der Waals surface area contributed by atoms with Gasteiger partial charge in [-0.2, -0.15) is 0 Å². The fourth-order valence-corrected chi connectivity index (χ4v) is 1.76. The number of ether oxygens (including phenoxy) is 1. The minimum absolute atomic E-state index is 0.0704. The Hall–Kier alpha value is -1.17. The number of carbonyl (C=O) groups is 1. The number of esters is 1. The average Bonchev–Trinajstić information content (AvgIpc) is 2.22. The summed E-state index contributed by atoms with van der Waals surface area (Å²) in [5.41, 5.74) is -0.204. The van der Waals surface area contributed by atoms with Crippen molar-refractivity contribution in [1.82, 2.24) is 4.57 Å². The van der Waals surface area contributed by atoms with Gasteiger partial charge in [0, 0.05) is 16.2 Å². The van der Waals surface area contributed by atoms with Crippen LogP contribution in [0.1, 0.15) is 18.8 Å². The summed E-state index contributed by atoms with van der Waals surface area (Å²) in [6, 6.07) is 1.55. The number of hydrogen-bond donors (Lipinski definition) is 0. The van der Waals surface area contributed by atoms with Crippen LogP contribution in [0, 0.1) is 6.92 Å². The lowest BCUT2D eigenvalue weighted by Gasteiger charge is -2.11. The van der Waals surface area contributed by atoms with E-state index < -0.39 is 17.8 Å². The second-order valence-electron chi connectivity index (χ2n) is 3.14. The van der Waals surface area contributed by atoms with Crippen LogP contribution < -0.4 is 5.56 Å². The summed E-state index contributed by atoms with van der Waals surface area (Å²) in [6.45, 7) is 3.18. The first kappa shape index (κ1) is 12.9. The van der Waals surface area contributed by atoms with E-state index >= 15 is 0 Å². The number of halogens is 2. The van der Waals surface area contributed by atoms with Gasteiger partial charge < -0.3 is 4.74 Å². The van der Waals surface area contributed by atoms with E-state index in [0.717, 1.165) is 0 Å². The fraction of sp³-hybridized carbons (Fsp3) is 0.400. The van der Waals surface area contributed by atoms with Crippen molar-refractivity contribution in [2.45, 2.75) is 20.1 Å². The highest BCUT2D eigenvalue weighted by Gasteiger charge is 2.22. The Bertz CT molecular complexity index is 458. The minimum Gasteiger partial charge on any atom is -0.462 e. The monoisotopic (exact) mass is 291 g/mol. The molecular weight excluding hydrogens is 281 g/mol. The molecule has 0 spiro atoms. The third-order valence-electron chi connectivity index (χ3n) is 1.91. The van der Waals surface area contributed by atoms with E-state index in [-0.39, 0.29) is 6.61 Å². The Morgan fingerprint density at radius 2 is 2.31 bits per heavy atom. The van der Waals surface area contributed by atoms with Crippen LogP contribution in [0.5, 0.6) is 0 Å². The van der Waals surface area contributed by atoms with Gasteiger partial charge in [0.05, 0.1) is 6.61 Å². The third-order valence-corrected chi connectivity index (χ3v) is 2.35. The predicted octanol–water partition coefficient (Wildman–Crippen LogP) is 1.95. The molecule has 0 amide bonds. The molecular formula is C10H11BrFNO3. The van der Waals surface area contributed by atoms with Gasteiger partial charge in [-0.25, -0.2) is 9.18 Å². The maximum absolute atomic E-state index is 13.6. The molecule has 1 aromatic rings. The molecule has 88 valence electrons. The molecule has 16 heavy (non-hydrogen) atoms. The third kappa shape index (κ3) is 2.69. The Morgan fingerprint density at radius 3 is 2.88 bits per heavy atom. The Kier molecular flexibility index (Phi) is 4.23. The van der Waals surface area contributed by atoms with Gasteiger partial charge in [0.1, 0.15) is 0 Å². The number of hydrogen-bond acceptors (Lipinski definition) is 3. The van der Waals surface area contributed by atoms with Crippen LogP contribution in [0.15, 0.2) is 21.5 Å². The minimum atomic E-state index is -2.11. The van der Waals surface area contributed by atoms with Crippen LogP contribution >= 0.6 is 15.9 Å². The first-order valence-corrected chi connectivity index (χ1v) is 5.45. The van der Waals surface area contributed by atoms with E-state index in [2.05, 4.69) is 20.7 Å². The lowest BCUT2D eigenvalue weighted by molar-refractivity contribution is -0.153. The highest BCUT2D eigenvalue weighted by atomic mass is 79.9. The van der Waals surface area contributed by atoms with Gasteiger partial charge in [-0.3, -0.25) is 9.36 Å². The number of nitrogens with zero attached hydrogens (tertiary/aromatic N) is 1. The highest BCUT2D eigenvalue weighted by molar-refractivity contribution is 9.10. The van der Waals surface area contributed by atoms with E-state index in [0.29, 0.717) is 14.6 Å². The number of carbonyl (C=O) groups excluding carboxylic acids is 1. The summed E-state index contributed by atoms with van der Waals surface area (Å²) in [7, 11) is 0. The van der Waals surface area contributed by atoms with Gasteiger partial charge in [0.2, 0.25) is 0 Å². The van der Waals surface area contributed by atoms with E-state index in [1.165, 1.54) is 6.20 Å². The summed E-state index contributed by atoms with van der Waals surface area (Å²) in [5, 5.41) is 0. The molecule has 0 aromatic carbocycles. The largest absolute Gasteiger partial charge is 0.462 e. The van der Waals surface area contributed by atoms with E-state index in [9.17, 15) is 14.0 Å². The molecule has 1 heterocycles. The summed E-state index contributed by atoms with van der Waals surface area (Å²) in [4.78, 5) is 22.7. The van der Waals surface area contributed by atoms with Crippen molar-refractivity contribution in [3.63, 3.8) is 0 Å². The number of aromatic nitrogens is 1. The lowest BCUT2D eigenvalue weighted by Crippen LogP contribution is -2.29. The normalized spacial score (nSPS) is 12.2. The molecule has 0 N–H and O–H groups in total. The maximum atomic E-state index is 13.6. The van der Waals surface area contributed by atoms with Gasteiger partial charge in [0.15, 0.2) is 0 Å². The second kappa shape index (κ2) is 5.25. The molecule has 0 aliphatic rings. The molecule has 1 rings (SSSR count). The van der Waals surface area contributed by atoms with Gasteiger partial charge in [-0.05, 0) is 35.8 Å². The molecule has 1 aromatic heterocycles. The molecule has 1 unspecified atom stereocenters. The first-order chi connectivity index (χ1) is 7.47. The molecule has 0 saturated carbocycles. The predicted molar refractivity (Wildman–Crippen MR) is 59.9 cm³/mol. The Balaban J connectivity index is 3.13. The van der Waals surface area contributed by atoms with Crippen molar-refractivity contribution >= 4 is 21.9 Å². The quantitative estimate of drug-likeness (QED) is 0.800. The molecule has 0 aliphatic heterocycles. The topological polar surface area (TPSA) is 48.3 Å². The standard InChI is InChI=1S/C10H11BrFNO3/c1-3-16-10(15)8(12)13-5-7(11)4-6(2)9(13)14/h4-5,8H,3H2,1-2H3. The molecule has 6 heteroatoms. The number of rotatable bonds is 3. The number of aryl methyl sites for hydroxylation is 1. The van der Waals surface area contributed by atoms with Crippen LogP contribution in [0.25, 0.3) is 0 Å². The van der Waals surface area contributed by atoms with Crippen LogP contribution in [-0.2, 0) is 9.53 Å². The van der Waals surface area contributed by atoms with Crippen molar-refractivity contribution in [1.29, 1.82) is 0 Å². The zero-order valence-electron chi connectivity index (χ0n) is 8.87. The molecule has 0 fully saturated rings. The summed E-state index contributed by atoms with van der Waals surface area (Å²) >= 11 is 3.13. The number of pyridine rings is 1. The summed E-state index contributed by atoms with van der Waals surface area (Å²) < 4.78 is 19.3. The van der Waals surface area contributed by atoms with Gasteiger partial charge in [0.25, 0.3) is 11.9 Å². The SMILES string of the molecule is CCOC(=O)C(F)n1cc(Br)cc(C)c1=O. The highest BCUT2D eigenvalue weighted by Crippen LogP contribution is 2.14. The number of alkyl halides is 1. The van der Waals surface area contributed by atoms with Gasteiger partial charge >= 0.3 is 5.97 Å². The molecule has 0 bridgehead atoms. The van der Waals surface area contributed by atoms with Gasteiger partial charge in [-0.1, -0.05) is 0 Å². The van der Waals surface area contributed by atoms with Crippen molar-refractivity contribution in [2.24, 2.45) is 0 Å². The van der Waals surface area contributed by atoms with Crippen LogP contribution in [0.3, 0.4) is 0 Å². The van der Waals surface area contributed by atoms with Crippen molar-refractivity contribution in [2.75, 3.05) is 6.61 Å². The van der Waals surface area contributed by atoms with Crippen molar-refractivity contribution in [3.05, 3.63) is 32.7 Å².